The predicted molar refractivity (Wildman–Crippen MR) is 111 cm³/mol. The minimum Gasteiger partial charge on any atom is -0.457 e. The minimum absolute atomic E-state index is 0.0162. The highest BCUT2D eigenvalue weighted by Gasteiger charge is 2.19. The first kappa shape index (κ1) is 20.2. The summed E-state index contributed by atoms with van der Waals surface area (Å²) in [6.45, 7) is 3.76. The Hall–Kier alpha value is -4.06. The highest BCUT2D eigenvalue weighted by atomic mass is 16.5. The van der Waals surface area contributed by atoms with Crippen LogP contribution in [0, 0.1) is 25.2 Å². The summed E-state index contributed by atoms with van der Waals surface area (Å²) in [5, 5.41) is 13.7. The van der Waals surface area contributed by atoms with E-state index >= 15 is 0 Å². The average Bonchev–Trinajstić information content (AvgIpc) is 3.38. The number of ketones is 1. The quantitative estimate of drug-likeness (QED) is 0.336. The fourth-order valence-electron chi connectivity index (χ4n) is 3.65. The van der Waals surface area contributed by atoms with Crippen molar-refractivity contribution in [3.8, 4) is 6.07 Å². The van der Waals surface area contributed by atoms with Crippen LogP contribution in [-0.4, -0.2) is 42.5 Å². The van der Waals surface area contributed by atoms with Crippen molar-refractivity contribution in [2.75, 3.05) is 6.61 Å². The Balaban J connectivity index is 1.48. The number of esters is 1. The smallest absolute Gasteiger partial charge is 0.310 e. The summed E-state index contributed by atoms with van der Waals surface area (Å²) in [5.41, 5.74) is 3.46. The topological polar surface area (TPSA) is 115 Å². The predicted octanol–water partition coefficient (Wildman–Crippen LogP) is 2.58. The van der Waals surface area contributed by atoms with Crippen molar-refractivity contribution in [1.82, 2.24) is 24.1 Å². The summed E-state index contributed by atoms with van der Waals surface area (Å²) in [4.78, 5) is 33.6. The molecular formula is C22H20N6O3. The highest BCUT2D eigenvalue weighted by Crippen LogP contribution is 2.22. The zero-order valence-corrected chi connectivity index (χ0v) is 17.2. The molecule has 4 aromatic rings. The van der Waals surface area contributed by atoms with Gasteiger partial charge in [-0.2, -0.15) is 15.3 Å². The van der Waals surface area contributed by atoms with Crippen LogP contribution in [0.25, 0.3) is 16.7 Å². The number of rotatable bonds is 7. The number of para-hydroxylation sites is 1. The Morgan fingerprint density at radius 2 is 2.03 bits per heavy atom. The Kier molecular flexibility index (Phi) is 5.45. The van der Waals surface area contributed by atoms with E-state index in [0.29, 0.717) is 35.6 Å². The highest BCUT2D eigenvalue weighted by molar-refractivity contribution is 6.09. The molecule has 3 aromatic heterocycles. The Morgan fingerprint density at radius 3 is 2.84 bits per heavy atom. The Labute approximate surface area is 177 Å². The first-order chi connectivity index (χ1) is 15.0. The van der Waals surface area contributed by atoms with Crippen LogP contribution in [0.2, 0.25) is 0 Å². The van der Waals surface area contributed by atoms with Crippen LogP contribution in [0.4, 0.5) is 0 Å². The maximum atomic E-state index is 12.8. The zero-order valence-electron chi connectivity index (χ0n) is 17.2. The van der Waals surface area contributed by atoms with E-state index in [-0.39, 0.29) is 18.8 Å². The third-order valence-corrected chi connectivity index (χ3v) is 5.23. The van der Waals surface area contributed by atoms with Gasteiger partial charge in [-0.1, -0.05) is 18.2 Å². The van der Waals surface area contributed by atoms with E-state index in [2.05, 4.69) is 21.1 Å². The summed E-state index contributed by atoms with van der Waals surface area (Å²) in [5.74, 6) is -0.345. The number of Topliss-reactive ketones (excluding diaryl/α,β-unsaturated/α-hetero) is 1. The van der Waals surface area contributed by atoms with Gasteiger partial charge in [0.25, 0.3) is 5.78 Å². The number of carbonyl (C=O) groups is 2. The van der Waals surface area contributed by atoms with Gasteiger partial charge in [0.05, 0.1) is 18.9 Å². The van der Waals surface area contributed by atoms with Crippen molar-refractivity contribution in [2.24, 2.45) is 0 Å². The van der Waals surface area contributed by atoms with E-state index in [4.69, 9.17) is 10.00 Å². The lowest BCUT2D eigenvalue weighted by molar-refractivity contribution is -0.141. The number of benzene rings is 1. The lowest BCUT2D eigenvalue weighted by Gasteiger charge is -2.10. The fourth-order valence-corrected chi connectivity index (χ4v) is 3.65. The van der Waals surface area contributed by atoms with E-state index in [1.807, 2.05) is 35.8 Å². The monoisotopic (exact) mass is 416 g/mol. The number of carbonyl (C=O) groups excluding carboxylic acids is 2. The summed E-state index contributed by atoms with van der Waals surface area (Å²) in [6.07, 6.45) is 3.44. The molecule has 156 valence electrons. The van der Waals surface area contributed by atoms with E-state index in [9.17, 15) is 9.59 Å². The molecule has 0 saturated heterocycles. The number of hydrogen-bond acceptors (Lipinski definition) is 7. The number of nitrogens with zero attached hydrogens (tertiary/aromatic N) is 6. The summed E-state index contributed by atoms with van der Waals surface area (Å²) >= 11 is 0. The molecule has 1 aromatic carbocycles. The van der Waals surface area contributed by atoms with Crippen LogP contribution in [-0.2, 0) is 22.5 Å². The average molecular weight is 416 g/mol. The van der Waals surface area contributed by atoms with Gasteiger partial charge in [0.15, 0.2) is 6.61 Å². The van der Waals surface area contributed by atoms with Gasteiger partial charge in [-0.25, -0.2) is 9.50 Å². The Morgan fingerprint density at radius 1 is 1.23 bits per heavy atom. The molecular weight excluding hydrogens is 396 g/mol. The van der Waals surface area contributed by atoms with Crippen molar-refractivity contribution < 1.29 is 14.3 Å². The van der Waals surface area contributed by atoms with Gasteiger partial charge in [0.1, 0.15) is 6.33 Å². The van der Waals surface area contributed by atoms with E-state index < -0.39 is 5.97 Å². The number of hydrogen-bond donors (Lipinski definition) is 0. The SMILES string of the molecule is Cc1nc2ncnn2c(C)c1CC(=O)OCC(=O)c1cn(CCC#N)c2ccccc12. The summed E-state index contributed by atoms with van der Waals surface area (Å²) in [7, 11) is 0. The fraction of sp³-hybridized carbons (Fsp3) is 0.273. The molecule has 4 rings (SSSR count). The molecule has 31 heavy (non-hydrogen) atoms. The second-order valence-corrected chi connectivity index (χ2v) is 7.16. The molecule has 3 heterocycles. The summed E-state index contributed by atoms with van der Waals surface area (Å²) in [6, 6.07) is 9.58. The molecule has 0 N–H and O–H groups in total. The molecule has 0 atom stereocenters. The first-order valence-corrected chi connectivity index (χ1v) is 9.79. The zero-order chi connectivity index (χ0) is 22.0. The number of nitriles is 1. The second-order valence-electron chi connectivity index (χ2n) is 7.16. The van der Waals surface area contributed by atoms with Crippen LogP contribution in [0.1, 0.15) is 33.7 Å². The van der Waals surface area contributed by atoms with Crippen molar-refractivity contribution in [2.45, 2.75) is 33.2 Å². The van der Waals surface area contributed by atoms with Crippen LogP contribution in [0.3, 0.4) is 0 Å². The van der Waals surface area contributed by atoms with Gasteiger partial charge in [-0.05, 0) is 19.9 Å². The molecule has 0 fully saturated rings. The molecule has 9 heteroatoms. The molecule has 0 aliphatic heterocycles. The molecule has 0 aliphatic carbocycles. The Bertz CT molecular complexity index is 1340. The number of fused-ring (bicyclic) bond motifs is 2. The van der Waals surface area contributed by atoms with Crippen LogP contribution in [0.15, 0.2) is 36.8 Å². The maximum Gasteiger partial charge on any atom is 0.310 e. The maximum absolute atomic E-state index is 12.8. The van der Waals surface area contributed by atoms with Gasteiger partial charge in [0, 0.05) is 46.2 Å². The third-order valence-electron chi connectivity index (χ3n) is 5.23. The van der Waals surface area contributed by atoms with Gasteiger partial charge < -0.3 is 9.30 Å². The molecule has 9 nitrogen and oxygen atoms in total. The normalized spacial score (nSPS) is 11.0. The van der Waals surface area contributed by atoms with Gasteiger partial charge in [-0.3, -0.25) is 9.59 Å². The first-order valence-electron chi connectivity index (χ1n) is 9.79. The van der Waals surface area contributed by atoms with E-state index in [0.717, 1.165) is 16.6 Å². The minimum atomic E-state index is -0.519. The number of aromatic nitrogens is 5. The van der Waals surface area contributed by atoms with E-state index in [1.54, 1.807) is 17.6 Å². The molecule has 0 bridgehead atoms. The van der Waals surface area contributed by atoms with Crippen LogP contribution >= 0.6 is 0 Å². The molecule has 0 aliphatic rings. The van der Waals surface area contributed by atoms with Crippen molar-refractivity contribution in [1.29, 1.82) is 5.26 Å². The third kappa shape index (κ3) is 3.88. The van der Waals surface area contributed by atoms with Crippen molar-refractivity contribution in [3.05, 3.63) is 59.3 Å². The lowest BCUT2D eigenvalue weighted by Crippen LogP contribution is -2.17. The van der Waals surface area contributed by atoms with E-state index in [1.165, 1.54) is 6.33 Å². The largest absolute Gasteiger partial charge is 0.457 e. The lowest BCUT2D eigenvalue weighted by atomic mass is 10.1. The molecule has 0 amide bonds. The molecule has 0 unspecified atom stereocenters. The number of ether oxygens (including phenoxy) is 1. The van der Waals surface area contributed by atoms with Gasteiger partial charge >= 0.3 is 5.97 Å². The molecule has 0 spiro atoms. The van der Waals surface area contributed by atoms with Gasteiger partial charge in [0.2, 0.25) is 5.78 Å². The number of aryl methyl sites for hydroxylation is 3. The molecule has 0 saturated carbocycles. The van der Waals surface area contributed by atoms with Crippen LogP contribution in [0.5, 0.6) is 0 Å². The molecule has 0 radical (unpaired) electrons. The standard InChI is InChI=1S/C22H20N6O3/c1-14-17(15(2)28-22(26-14)24-13-25-28)10-21(30)31-12-20(29)18-11-27(9-5-8-23)19-7-4-3-6-16(18)19/h3-4,6-7,11,13H,5,9-10,12H2,1-2H3. The van der Waals surface area contributed by atoms with Crippen molar-refractivity contribution in [3.63, 3.8) is 0 Å². The van der Waals surface area contributed by atoms with Crippen molar-refractivity contribution >= 4 is 28.4 Å². The summed E-state index contributed by atoms with van der Waals surface area (Å²) < 4.78 is 8.72. The van der Waals surface area contributed by atoms with Crippen LogP contribution < -0.4 is 0 Å². The van der Waals surface area contributed by atoms with Gasteiger partial charge in [-0.15, -0.1) is 0 Å². The second kappa shape index (κ2) is 8.36.